The van der Waals surface area contributed by atoms with Crippen LogP contribution in [0.2, 0.25) is 0 Å². The van der Waals surface area contributed by atoms with Crippen molar-refractivity contribution in [3.8, 4) is 0 Å². The molecule has 4 fully saturated rings. The van der Waals surface area contributed by atoms with Gasteiger partial charge in [0.05, 0.1) is 0 Å². The first-order valence-electron chi connectivity index (χ1n) is 11.7. The maximum Gasteiger partial charge on any atom is 0.225 e. The Morgan fingerprint density at radius 2 is 1.36 bits per heavy atom. The second kappa shape index (κ2) is 7.91. The summed E-state index contributed by atoms with van der Waals surface area (Å²) in [5.41, 5.74) is 1.36. The van der Waals surface area contributed by atoms with Crippen molar-refractivity contribution in [3.63, 3.8) is 0 Å². The fourth-order valence-corrected chi connectivity index (χ4v) is 6.32. The highest BCUT2D eigenvalue weighted by Gasteiger charge is 2.40. The summed E-state index contributed by atoms with van der Waals surface area (Å²) in [4.78, 5) is 17.4. The predicted molar refractivity (Wildman–Crippen MR) is 114 cm³/mol. The van der Waals surface area contributed by atoms with Gasteiger partial charge in [-0.2, -0.15) is 0 Å². The van der Waals surface area contributed by atoms with E-state index in [0.29, 0.717) is 18.0 Å². The van der Waals surface area contributed by atoms with Gasteiger partial charge in [-0.05, 0) is 88.9 Å². The van der Waals surface area contributed by atoms with Gasteiger partial charge in [-0.15, -0.1) is 0 Å². The van der Waals surface area contributed by atoms with E-state index in [1.54, 1.807) is 0 Å². The van der Waals surface area contributed by atoms with Crippen molar-refractivity contribution >= 4 is 5.95 Å². The first kappa shape index (κ1) is 18.8. The Kier molecular flexibility index (Phi) is 5.31. The van der Waals surface area contributed by atoms with Crippen LogP contribution in [0.15, 0.2) is 12.4 Å². The second-order valence-electron chi connectivity index (χ2n) is 10.1. The number of aromatic nitrogens is 2. The summed E-state index contributed by atoms with van der Waals surface area (Å²) in [7, 11) is 2.24. The van der Waals surface area contributed by atoms with Gasteiger partial charge < -0.3 is 14.7 Å². The van der Waals surface area contributed by atoms with Gasteiger partial charge >= 0.3 is 0 Å². The first-order valence-corrected chi connectivity index (χ1v) is 11.7. The topological polar surface area (TPSA) is 35.5 Å². The van der Waals surface area contributed by atoms with E-state index in [9.17, 15) is 0 Å². The van der Waals surface area contributed by atoms with Gasteiger partial charge in [0.25, 0.3) is 0 Å². The highest BCUT2D eigenvalue weighted by Crippen LogP contribution is 2.35. The van der Waals surface area contributed by atoms with Crippen LogP contribution in [0.25, 0.3) is 0 Å². The zero-order chi connectivity index (χ0) is 19.1. The number of likely N-dealkylation sites (N-methyl/N-ethyl adjacent to an activating group) is 1. The van der Waals surface area contributed by atoms with Crippen LogP contribution in [0.3, 0.4) is 0 Å². The van der Waals surface area contributed by atoms with Crippen molar-refractivity contribution in [2.75, 3.05) is 38.1 Å². The van der Waals surface area contributed by atoms with Crippen molar-refractivity contribution in [2.45, 2.75) is 82.3 Å². The van der Waals surface area contributed by atoms with Gasteiger partial charge in [-0.3, -0.25) is 0 Å². The smallest absolute Gasteiger partial charge is 0.225 e. The van der Waals surface area contributed by atoms with E-state index in [4.69, 9.17) is 9.97 Å². The van der Waals surface area contributed by atoms with Crippen LogP contribution in [0.5, 0.6) is 0 Å². The quantitative estimate of drug-likeness (QED) is 0.798. The molecule has 0 radical (unpaired) electrons. The zero-order valence-corrected chi connectivity index (χ0v) is 17.8. The van der Waals surface area contributed by atoms with Gasteiger partial charge in [0, 0.05) is 43.6 Å². The molecule has 5 rings (SSSR count). The Labute approximate surface area is 170 Å². The largest absolute Gasteiger partial charge is 0.332 e. The first-order chi connectivity index (χ1) is 13.7. The lowest BCUT2D eigenvalue weighted by molar-refractivity contribution is 0.110. The van der Waals surface area contributed by atoms with Crippen molar-refractivity contribution in [1.29, 1.82) is 0 Å². The summed E-state index contributed by atoms with van der Waals surface area (Å²) in [6.45, 7) is 7.24. The van der Waals surface area contributed by atoms with Crippen molar-refractivity contribution in [3.05, 3.63) is 18.0 Å². The van der Waals surface area contributed by atoms with E-state index < -0.39 is 0 Å². The zero-order valence-electron chi connectivity index (χ0n) is 17.8. The molecule has 0 N–H and O–H groups in total. The average Bonchev–Trinajstić information content (AvgIpc) is 3.00. The third-order valence-corrected chi connectivity index (χ3v) is 8.06. The molecule has 0 spiro atoms. The molecule has 1 aliphatic carbocycles. The highest BCUT2D eigenvalue weighted by molar-refractivity contribution is 5.38. The number of nitrogens with zero attached hydrogens (tertiary/aromatic N) is 5. The lowest BCUT2D eigenvalue weighted by Gasteiger charge is -2.40. The molecule has 28 heavy (non-hydrogen) atoms. The predicted octanol–water partition coefficient (Wildman–Crippen LogP) is 3.52. The molecule has 0 aromatic carbocycles. The van der Waals surface area contributed by atoms with Crippen LogP contribution >= 0.6 is 0 Å². The minimum Gasteiger partial charge on any atom is -0.332 e. The van der Waals surface area contributed by atoms with E-state index in [1.807, 2.05) is 0 Å². The molecule has 2 unspecified atom stereocenters. The summed E-state index contributed by atoms with van der Waals surface area (Å²) in [6, 6.07) is 2.07. The third kappa shape index (κ3) is 3.68. The van der Waals surface area contributed by atoms with Crippen LogP contribution in [0.4, 0.5) is 5.95 Å². The Morgan fingerprint density at radius 3 is 1.96 bits per heavy atom. The van der Waals surface area contributed by atoms with Gasteiger partial charge in [0.15, 0.2) is 0 Å². The second-order valence-corrected chi connectivity index (χ2v) is 10.1. The molecular formula is C23H37N5. The maximum atomic E-state index is 4.84. The number of likely N-dealkylation sites (tertiary alicyclic amines) is 2. The minimum atomic E-state index is 0.607. The lowest BCUT2D eigenvalue weighted by Crippen LogP contribution is -2.53. The SMILES string of the molecule is CN1CC2CCC(C1)N2c1ncc(C2CCN([C@H]3CC[C@@H](C)CC3)CC2)cn1. The van der Waals surface area contributed by atoms with Crippen LogP contribution in [0, 0.1) is 5.92 Å². The number of piperazine rings is 1. The molecule has 5 nitrogen and oxygen atoms in total. The van der Waals surface area contributed by atoms with Crippen molar-refractivity contribution in [1.82, 2.24) is 19.8 Å². The van der Waals surface area contributed by atoms with E-state index in [1.165, 1.54) is 70.0 Å². The van der Waals surface area contributed by atoms with Crippen LogP contribution < -0.4 is 4.90 Å². The van der Waals surface area contributed by atoms with E-state index in [0.717, 1.165) is 31.0 Å². The summed E-state index contributed by atoms with van der Waals surface area (Å²) in [5.74, 6) is 2.56. The third-order valence-electron chi connectivity index (χ3n) is 8.06. The fourth-order valence-electron chi connectivity index (χ4n) is 6.32. The molecule has 5 heteroatoms. The highest BCUT2D eigenvalue weighted by atomic mass is 15.4. The monoisotopic (exact) mass is 383 g/mol. The molecule has 4 heterocycles. The summed E-state index contributed by atoms with van der Waals surface area (Å²) in [5, 5.41) is 0. The Bertz CT molecular complexity index is 631. The van der Waals surface area contributed by atoms with E-state index >= 15 is 0 Å². The number of fused-ring (bicyclic) bond motifs is 2. The minimum absolute atomic E-state index is 0.607. The number of piperidine rings is 1. The van der Waals surface area contributed by atoms with E-state index in [-0.39, 0.29) is 0 Å². The average molecular weight is 384 g/mol. The summed E-state index contributed by atoms with van der Waals surface area (Å²) >= 11 is 0. The normalized spacial score (nSPS) is 35.4. The number of anilines is 1. The number of hydrogen-bond donors (Lipinski definition) is 0. The lowest BCUT2D eigenvalue weighted by atomic mass is 9.84. The molecule has 2 atom stereocenters. The molecule has 154 valence electrons. The van der Waals surface area contributed by atoms with Crippen molar-refractivity contribution < 1.29 is 0 Å². The number of rotatable bonds is 3. The van der Waals surface area contributed by atoms with Crippen LogP contribution in [-0.4, -0.2) is 71.1 Å². The molecule has 1 saturated carbocycles. The van der Waals surface area contributed by atoms with Gasteiger partial charge in [0.2, 0.25) is 5.95 Å². The summed E-state index contributed by atoms with van der Waals surface area (Å²) < 4.78 is 0. The van der Waals surface area contributed by atoms with Crippen LogP contribution in [0.1, 0.15) is 69.8 Å². The van der Waals surface area contributed by atoms with Gasteiger partial charge in [0.1, 0.15) is 0 Å². The molecule has 1 aromatic heterocycles. The van der Waals surface area contributed by atoms with Gasteiger partial charge in [-0.1, -0.05) is 6.92 Å². The molecule has 3 saturated heterocycles. The molecular weight excluding hydrogens is 346 g/mol. The maximum absolute atomic E-state index is 4.84. The van der Waals surface area contributed by atoms with Crippen LogP contribution in [-0.2, 0) is 0 Å². The Morgan fingerprint density at radius 1 is 0.786 bits per heavy atom. The molecule has 0 amide bonds. The molecule has 4 aliphatic rings. The summed E-state index contributed by atoms with van der Waals surface area (Å²) in [6.07, 6.45) is 15.1. The van der Waals surface area contributed by atoms with Gasteiger partial charge in [-0.25, -0.2) is 9.97 Å². The molecule has 1 aromatic rings. The molecule has 2 bridgehead atoms. The Balaban J connectivity index is 1.18. The number of hydrogen-bond acceptors (Lipinski definition) is 5. The van der Waals surface area contributed by atoms with Crippen molar-refractivity contribution in [2.24, 2.45) is 5.92 Å². The standard InChI is InChI=1S/C23H37N5/c1-17-3-5-20(6-4-17)27-11-9-18(10-12-27)19-13-24-23(25-14-19)28-21-7-8-22(28)16-26(2)15-21/h13-14,17-18,20-22H,3-12,15-16H2,1-2H3/t17-,20+,21?,22?. The fraction of sp³-hybridized carbons (Fsp3) is 0.826. The van der Waals surface area contributed by atoms with E-state index in [2.05, 4.69) is 41.1 Å². The molecule has 3 aliphatic heterocycles. The Hall–Kier alpha value is -1.20.